The molecule has 0 radical (unpaired) electrons. The number of aromatic nitrogens is 2. The number of para-hydroxylation sites is 1. The number of fused-ring (bicyclic) bond motifs is 2. The van der Waals surface area contributed by atoms with Crippen molar-refractivity contribution in [2.75, 3.05) is 23.3 Å². The van der Waals surface area contributed by atoms with E-state index in [0.717, 1.165) is 44.9 Å². The predicted molar refractivity (Wildman–Crippen MR) is 129 cm³/mol. The van der Waals surface area contributed by atoms with Gasteiger partial charge in [-0.05, 0) is 42.7 Å². The molecule has 164 valence electrons. The van der Waals surface area contributed by atoms with Gasteiger partial charge in [0.15, 0.2) is 5.13 Å². The number of hydrogen-bond acceptors (Lipinski definition) is 5. The Hall–Kier alpha value is -3.39. The van der Waals surface area contributed by atoms with E-state index in [4.69, 9.17) is 4.98 Å². The van der Waals surface area contributed by atoms with Crippen LogP contribution >= 0.6 is 11.3 Å². The van der Waals surface area contributed by atoms with Crippen LogP contribution in [-0.2, 0) is 16.0 Å². The second-order valence-electron chi connectivity index (χ2n) is 8.18. The average Bonchev–Trinajstić information content (AvgIpc) is 3.52. The van der Waals surface area contributed by atoms with Crippen molar-refractivity contribution >= 4 is 55.1 Å². The number of rotatable bonds is 6. The lowest BCUT2D eigenvalue weighted by atomic mass is 10.0. The molecule has 0 bridgehead atoms. The summed E-state index contributed by atoms with van der Waals surface area (Å²) in [6.45, 7) is 3.53. The van der Waals surface area contributed by atoms with E-state index in [1.807, 2.05) is 48.7 Å². The van der Waals surface area contributed by atoms with E-state index in [1.54, 1.807) is 11.3 Å². The lowest BCUT2D eigenvalue weighted by Gasteiger charge is -2.17. The van der Waals surface area contributed by atoms with Gasteiger partial charge in [0, 0.05) is 49.2 Å². The van der Waals surface area contributed by atoms with Gasteiger partial charge in [-0.2, -0.15) is 0 Å². The molecule has 3 heterocycles. The summed E-state index contributed by atoms with van der Waals surface area (Å²) in [4.78, 5) is 35.2. The number of nitrogens with zero attached hydrogens (tertiary/aromatic N) is 2. The van der Waals surface area contributed by atoms with Crippen LogP contribution in [0, 0.1) is 0 Å². The SMILES string of the molecule is CC(=O)NC(Cc1c[nH]c2ccccc12)C(=O)Nc1ccc2nc(N3CCCC3)sc2c1. The summed E-state index contributed by atoms with van der Waals surface area (Å²) in [5.41, 5.74) is 3.64. The van der Waals surface area contributed by atoms with Gasteiger partial charge in [0.1, 0.15) is 6.04 Å². The Kier molecular flexibility index (Phi) is 5.53. The normalized spacial score (nSPS) is 14.7. The highest BCUT2D eigenvalue weighted by atomic mass is 32.1. The van der Waals surface area contributed by atoms with Crippen molar-refractivity contribution in [1.82, 2.24) is 15.3 Å². The highest BCUT2D eigenvalue weighted by Crippen LogP contribution is 2.32. The number of thiazole rings is 1. The Balaban J connectivity index is 1.35. The minimum absolute atomic E-state index is 0.238. The molecule has 1 unspecified atom stereocenters. The van der Waals surface area contributed by atoms with Crippen LogP contribution in [0.5, 0.6) is 0 Å². The molecule has 0 saturated carbocycles. The largest absolute Gasteiger partial charge is 0.361 e. The summed E-state index contributed by atoms with van der Waals surface area (Å²) >= 11 is 1.65. The quantitative estimate of drug-likeness (QED) is 0.416. The van der Waals surface area contributed by atoms with Crippen LogP contribution in [0.15, 0.2) is 48.7 Å². The first-order valence-electron chi connectivity index (χ1n) is 10.9. The van der Waals surface area contributed by atoms with Crippen LogP contribution < -0.4 is 15.5 Å². The monoisotopic (exact) mass is 447 g/mol. The van der Waals surface area contributed by atoms with Gasteiger partial charge in [0.05, 0.1) is 10.2 Å². The van der Waals surface area contributed by atoms with Crippen LogP contribution in [0.2, 0.25) is 0 Å². The van der Waals surface area contributed by atoms with Crippen molar-refractivity contribution in [3.05, 3.63) is 54.2 Å². The van der Waals surface area contributed by atoms with E-state index < -0.39 is 6.04 Å². The summed E-state index contributed by atoms with van der Waals surface area (Å²) in [5.74, 6) is -0.479. The lowest BCUT2D eigenvalue weighted by Crippen LogP contribution is -2.44. The molecule has 7 nitrogen and oxygen atoms in total. The minimum Gasteiger partial charge on any atom is -0.361 e. The van der Waals surface area contributed by atoms with Crippen LogP contribution in [0.4, 0.5) is 10.8 Å². The molecule has 5 rings (SSSR count). The Bertz CT molecular complexity index is 1290. The summed E-state index contributed by atoms with van der Waals surface area (Å²) < 4.78 is 1.04. The molecule has 1 fully saturated rings. The van der Waals surface area contributed by atoms with Crippen molar-refractivity contribution in [2.24, 2.45) is 0 Å². The molecule has 2 aromatic carbocycles. The van der Waals surface area contributed by atoms with Crippen molar-refractivity contribution in [3.63, 3.8) is 0 Å². The molecule has 8 heteroatoms. The molecule has 2 aromatic heterocycles. The van der Waals surface area contributed by atoms with Crippen molar-refractivity contribution in [2.45, 2.75) is 32.2 Å². The summed E-state index contributed by atoms with van der Waals surface area (Å²) in [6.07, 6.45) is 4.71. The van der Waals surface area contributed by atoms with Crippen LogP contribution in [-0.4, -0.2) is 40.9 Å². The Morgan fingerprint density at radius 3 is 2.81 bits per heavy atom. The standard InChI is InChI=1S/C24H25N5O2S/c1-15(30)26-21(12-16-14-25-19-7-3-2-6-18(16)19)23(31)27-17-8-9-20-22(13-17)32-24(28-20)29-10-4-5-11-29/h2-3,6-9,13-14,21,25H,4-5,10-12H2,1H3,(H,26,30)(H,27,31). The first kappa shape index (κ1) is 20.5. The number of hydrogen-bond donors (Lipinski definition) is 3. The van der Waals surface area contributed by atoms with E-state index in [2.05, 4.69) is 20.5 Å². The van der Waals surface area contributed by atoms with Gasteiger partial charge in [-0.1, -0.05) is 29.5 Å². The number of carbonyl (C=O) groups excluding carboxylic acids is 2. The highest BCUT2D eigenvalue weighted by Gasteiger charge is 2.22. The zero-order chi connectivity index (χ0) is 22.1. The third kappa shape index (κ3) is 4.18. The first-order valence-corrected chi connectivity index (χ1v) is 11.7. The van der Waals surface area contributed by atoms with Gasteiger partial charge in [-0.25, -0.2) is 4.98 Å². The van der Waals surface area contributed by atoms with Gasteiger partial charge in [0.25, 0.3) is 0 Å². The van der Waals surface area contributed by atoms with Gasteiger partial charge >= 0.3 is 0 Å². The number of aromatic amines is 1. The number of amides is 2. The fourth-order valence-corrected chi connectivity index (χ4v) is 5.29. The Morgan fingerprint density at radius 2 is 2.00 bits per heavy atom. The Morgan fingerprint density at radius 1 is 1.19 bits per heavy atom. The number of benzene rings is 2. The zero-order valence-electron chi connectivity index (χ0n) is 17.9. The predicted octanol–water partition coefficient (Wildman–Crippen LogP) is 4.06. The molecular formula is C24H25N5O2S. The topological polar surface area (TPSA) is 90.1 Å². The molecule has 1 aliphatic heterocycles. The third-order valence-corrected chi connectivity index (χ3v) is 6.89. The van der Waals surface area contributed by atoms with E-state index in [9.17, 15) is 9.59 Å². The number of H-pyrrole nitrogens is 1. The van der Waals surface area contributed by atoms with Crippen LogP contribution in [0.25, 0.3) is 21.1 Å². The smallest absolute Gasteiger partial charge is 0.247 e. The molecule has 1 saturated heterocycles. The summed E-state index contributed by atoms with van der Waals surface area (Å²) in [6, 6.07) is 13.0. The van der Waals surface area contributed by atoms with Crippen LogP contribution in [0.1, 0.15) is 25.3 Å². The molecule has 1 atom stereocenters. The van der Waals surface area contributed by atoms with Gasteiger partial charge in [-0.3, -0.25) is 9.59 Å². The van der Waals surface area contributed by atoms with Gasteiger partial charge < -0.3 is 20.5 Å². The van der Waals surface area contributed by atoms with Crippen molar-refractivity contribution in [1.29, 1.82) is 0 Å². The second kappa shape index (κ2) is 8.63. The molecule has 0 aliphatic carbocycles. The highest BCUT2D eigenvalue weighted by molar-refractivity contribution is 7.22. The maximum absolute atomic E-state index is 13.1. The summed E-state index contributed by atoms with van der Waals surface area (Å²) in [5, 5.41) is 7.87. The maximum Gasteiger partial charge on any atom is 0.247 e. The molecule has 2 amide bonds. The first-order chi connectivity index (χ1) is 15.6. The number of carbonyl (C=O) groups is 2. The fourth-order valence-electron chi connectivity index (χ4n) is 4.24. The molecule has 0 spiro atoms. The number of anilines is 2. The van der Waals surface area contributed by atoms with Crippen molar-refractivity contribution in [3.8, 4) is 0 Å². The van der Waals surface area contributed by atoms with E-state index >= 15 is 0 Å². The second-order valence-corrected chi connectivity index (χ2v) is 9.19. The number of nitrogens with one attached hydrogen (secondary N) is 3. The van der Waals surface area contributed by atoms with Crippen molar-refractivity contribution < 1.29 is 9.59 Å². The third-order valence-electron chi connectivity index (χ3n) is 5.81. The molecular weight excluding hydrogens is 422 g/mol. The lowest BCUT2D eigenvalue weighted by molar-refractivity contribution is -0.125. The van der Waals surface area contributed by atoms with E-state index in [0.29, 0.717) is 12.1 Å². The molecule has 4 aromatic rings. The van der Waals surface area contributed by atoms with E-state index in [-0.39, 0.29) is 11.8 Å². The molecule has 3 N–H and O–H groups in total. The van der Waals surface area contributed by atoms with E-state index in [1.165, 1.54) is 19.8 Å². The van der Waals surface area contributed by atoms with Crippen LogP contribution in [0.3, 0.4) is 0 Å². The van der Waals surface area contributed by atoms with Gasteiger partial charge in [0.2, 0.25) is 11.8 Å². The average molecular weight is 448 g/mol. The summed E-state index contributed by atoms with van der Waals surface area (Å²) in [7, 11) is 0. The molecule has 1 aliphatic rings. The fraction of sp³-hybridized carbons (Fsp3) is 0.292. The maximum atomic E-state index is 13.1. The zero-order valence-corrected chi connectivity index (χ0v) is 18.7. The van der Waals surface area contributed by atoms with Gasteiger partial charge in [-0.15, -0.1) is 0 Å². The Labute approximate surface area is 189 Å². The minimum atomic E-state index is -0.677. The molecule has 32 heavy (non-hydrogen) atoms.